The third kappa shape index (κ3) is 3.32. The molecule has 19 heavy (non-hydrogen) atoms. The Balaban J connectivity index is 2.33. The largest absolute Gasteiger partial charge is 0.237 e. The van der Waals surface area contributed by atoms with Gasteiger partial charge in [0.05, 0.1) is 0 Å². The number of aromatic nitrogens is 2. The quantitative estimate of drug-likeness (QED) is 0.784. The van der Waals surface area contributed by atoms with Crippen LogP contribution in [0.5, 0.6) is 0 Å². The van der Waals surface area contributed by atoms with Gasteiger partial charge in [0.15, 0.2) is 0 Å². The minimum atomic E-state index is 0.592. The van der Waals surface area contributed by atoms with Gasteiger partial charge in [-0.15, -0.1) is 0 Å². The van der Waals surface area contributed by atoms with Crippen molar-refractivity contribution >= 4 is 11.6 Å². The smallest absolute Gasteiger partial charge is 0.136 e. The molecule has 0 aliphatic rings. The molecule has 0 amide bonds. The number of nitrogens with zero attached hydrogens (tertiary/aromatic N) is 2. The first kappa shape index (κ1) is 14.0. The number of hydrogen-bond acceptors (Lipinski definition) is 2. The topological polar surface area (TPSA) is 25.8 Å². The lowest BCUT2D eigenvalue weighted by molar-refractivity contribution is 0.903. The second-order valence-electron chi connectivity index (χ2n) is 5.02. The van der Waals surface area contributed by atoms with E-state index >= 15 is 0 Å². The highest BCUT2D eigenvalue weighted by molar-refractivity contribution is 6.30. The van der Waals surface area contributed by atoms with Gasteiger partial charge in [0, 0.05) is 17.7 Å². The van der Waals surface area contributed by atoms with Crippen LogP contribution in [0.1, 0.15) is 40.7 Å². The van der Waals surface area contributed by atoms with Crippen molar-refractivity contribution in [1.82, 2.24) is 9.97 Å². The van der Waals surface area contributed by atoms with Gasteiger partial charge in [0.2, 0.25) is 0 Å². The van der Waals surface area contributed by atoms with Crippen LogP contribution in [0.2, 0.25) is 5.15 Å². The van der Waals surface area contributed by atoms with Crippen molar-refractivity contribution < 1.29 is 0 Å². The van der Waals surface area contributed by atoms with Gasteiger partial charge in [-0.1, -0.05) is 47.9 Å². The van der Waals surface area contributed by atoms with Crippen LogP contribution < -0.4 is 0 Å². The maximum Gasteiger partial charge on any atom is 0.136 e. The maximum atomic E-state index is 6.21. The van der Waals surface area contributed by atoms with Crippen molar-refractivity contribution in [2.75, 3.05) is 0 Å². The number of hydrogen-bond donors (Lipinski definition) is 0. The van der Waals surface area contributed by atoms with Gasteiger partial charge in [-0.05, 0) is 32.8 Å². The SMILES string of the molecule is CCc1c(C)nc(Cc2cc(C)cc(C)c2)nc1Cl. The molecule has 1 aromatic carbocycles. The van der Waals surface area contributed by atoms with E-state index in [4.69, 9.17) is 11.6 Å². The summed E-state index contributed by atoms with van der Waals surface area (Å²) >= 11 is 6.21. The lowest BCUT2D eigenvalue weighted by atomic mass is 10.0. The molecule has 0 saturated heterocycles. The Kier molecular flexibility index (Phi) is 4.20. The van der Waals surface area contributed by atoms with Crippen molar-refractivity contribution in [1.29, 1.82) is 0 Å². The van der Waals surface area contributed by atoms with Gasteiger partial charge >= 0.3 is 0 Å². The van der Waals surface area contributed by atoms with Gasteiger partial charge in [-0.3, -0.25) is 0 Å². The van der Waals surface area contributed by atoms with Gasteiger partial charge in [0.1, 0.15) is 11.0 Å². The summed E-state index contributed by atoms with van der Waals surface area (Å²) in [5.74, 6) is 0.796. The summed E-state index contributed by atoms with van der Waals surface area (Å²) in [7, 11) is 0. The molecule has 2 nitrogen and oxygen atoms in total. The second kappa shape index (κ2) is 5.70. The minimum Gasteiger partial charge on any atom is -0.237 e. The molecule has 0 saturated carbocycles. The van der Waals surface area contributed by atoms with E-state index in [9.17, 15) is 0 Å². The Bertz CT molecular complexity index is 562. The average Bonchev–Trinajstić information content (AvgIpc) is 2.26. The first-order valence-electron chi connectivity index (χ1n) is 6.58. The first-order chi connectivity index (χ1) is 8.99. The van der Waals surface area contributed by atoms with Gasteiger partial charge in [-0.25, -0.2) is 9.97 Å². The Hall–Kier alpha value is -1.41. The molecule has 0 fully saturated rings. The molecule has 1 aromatic heterocycles. The van der Waals surface area contributed by atoms with Crippen molar-refractivity contribution in [2.45, 2.75) is 40.5 Å². The minimum absolute atomic E-state index is 0.592. The van der Waals surface area contributed by atoms with Crippen LogP contribution in [0, 0.1) is 20.8 Å². The van der Waals surface area contributed by atoms with Crippen LogP contribution in [-0.2, 0) is 12.8 Å². The second-order valence-corrected chi connectivity index (χ2v) is 5.38. The highest BCUT2D eigenvalue weighted by Gasteiger charge is 2.09. The van der Waals surface area contributed by atoms with Crippen LogP contribution in [-0.4, -0.2) is 9.97 Å². The number of benzene rings is 1. The fraction of sp³-hybridized carbons (Fsp3) is 0.375. The fourth-order valence-electron chi connectivity index (χ4n) is 2.45. The maximum absolute atomic E-state index is 6.21. The van der Waals surface area contributed by atoms with Crippen LogP contribution in [0.15, 0.2) is 18.2 Å². The van der Waals surface area contributed by atoms with E-state index in [1.807, 2.05) is 6.92 Å². The molecule has 0 N–H and O–H groups in total. The van der Waals surface area contributed by atoms with E-state index in [0.29, 0.717) is 5.15 Å². The van der Waals surface area contributed by atoms with Crippen molar-refractivity contribution in [2.24, 2.45) is 0 Å². The Labute approximate surface area is 119 Å². The van der Waals surface area contributed by atoms with E-state index in [0.717, 1.165) is 29.9 Å². The van der Waals surface area contributed by atoms with E-state index in [-0.39, 0.29) is 0 Å². The molecular formula is C16H19ClN2. The van der Waals surface area contributed by atoms with Crippen molar-refractivity contribution in [3.05, 3.63) is 57.1 Å². The van der Waals surface area contributed by atoms with Crippen LogP contribution in [0.4, 0.5) is 0 Å². The predicted octanol–water partition coefficient (Wildman–Crippen LogP) is 4.21. The molecule has 0 spiro atoms. The van der Waals surface area contributed by atoms with Crippen LogP contribution >= 0.6 is 11.6 Å². The number of halogens is 1. The monoisotopic (exact) mass is 274 g/mol. The Morgan fingerprint density at radius 1 is 1.00 bits per heavy atom. The normalized spacial score (nSPS) is 10.8. The zero-order valence-corrected chi connectivity index (χ0v) is 12.7. The summed E-state index contributed by atoms with van der Waals surface area (Å²) < 4.78 is 0. The molecule has 100 valence electrons. The van der Waals surface area contributed by atoms with Gasteiger partial charge in [-0.2, -0.15) is 0 Å². The third-order valence-corrected chi connectivity index (χ3v) is 3.52. The molecule has 0 aliphatic heterocycles. The van der Waals surface area contributed by atoms with E-state index in [1.165, 1.54) is 16.7 Å². The molecule has 1 heterocycles. The molecule has 0 unspecified atom stereocenters. The highest BCUT2D eigenvalue weighted by atomic mass is 35.5. The van der Waals surface area contributed by atoms with Crippen molar-refractivity contribution in [3.8, 4) is 0 Å². The number of rotatable bonds is 3. The standard InChI is InChI=1S/C16H19ClN2/c1-5-14-12(4)18-15(19-16(14)17)9-13-7-10(2)6-11(3)8-13/h6-8H,5,9H2,1-4H3. The zero-order chi connectivity index (χ0) is 14.0. The molecule has 3 heteroatoms. The van der Waals surface area contributed by atoms with E-state index in [2.05, 4.69) is 48.9 Å². The predicted molar refractivity (Wildman–Crippen MR) is 79.9 cm³/mol. The average molecular weight is 275 g/mol. The van der Waals surface area contributed by atoms with Gasteiger partial charge < -0.3 is 0 Å². The zero-order valence-electron chi connectivity index (χ0n) is 11.9. The lowest BCUT2D eigenvalue weighted by Gasteiger charge is -2.09. The molecule has 0 radical (unpaired) electrons. The molecule has 0 bridgehead atoms. The number of aryl methyl sites for hydroxylation is 3. The van der Waals surface area contributed by atoms with Crippen molar-refractivity contribution in [3.63, 3.8) is 0 Å². The molecular weight excluding hydrogens is 256 g/mol. The molecule has 0 aliphatic carbocycles. The Morgan fingerprint density at radius 2 is 1.63 bits per heavy atom. The molecule has 2 rings (SSSR count). The third-order valence-electron chi connectivity index (χ3n) is 3.21. The lowest BCUT2D eigenvalue weighted by Crippen LogP contribution is -2.03. The summed E-state index contributed by atoms with van der Waals surface area (Å²) in [4.78, 5) is 8.98. The summed E-state index contributed by atoms with van der Waals surface area (Å²) in [6.07, 6.45) is 1.60. The van der Waals surface area contributed by atoms with Crippen LogP contribution in [0.3, 0.4) is 0 Å². The fourth-order valence-corrected chi connectivity index (χ4v) is 2.82. The summed E-state index contributed by atoms with van der Waals surface area (Å²) in [5, 5.41) is 0.592. The summed E-state index contributed by atoms with van der Waals surface area (Å²) in [6.45, 7) is 8.28. The van der Waals surface area contributed by atoms with Crippen LogP contribution in [0.25, 0.3) is 0 Å². The Morgan fingerprint density at radius 3 is 2.16 bits per heavy atom. The highest BCUT2D eigenvalue weighted by Crippen LogP contribution is 2.19. The van der Waals surface area contributed by atoms with Gasteiger partial charge in [0.25, 0.3) is 0 Å². The first-order valence-corrected chi connectivity index (χ1v) is 6.96. The molecule has 2 aromatic rings. The molecule has 0 atom stereocenters. The van der Waals surface area contributed by atoms with E-state index < -0.39 is 0 Å². The van der Waals surface area contributed by atoms with E-state index in [1.54, 1.807) is 0 Å². The summed E-state index contributed by atoms with van der Waals surface area (Å²) in [6, 6.07) is 6.52. The summed E-state index contributed by atoms with van der Waals surface area (Å²) in [5.41, 5.74) is 5.80.